The first-order chi connectivity index (χ1) is 13.9. The number of aryl methyl sites for hydroxylation is 2. The largest absolute Gasteiger partial charge is 0.484 e. The maximum atomic E-state index is 12.4. The SMILES string of the molecule is Cc1ccc(NC(=O)c2ccc(NC(=O)COc3ccc(Cl)cc3)cc2)c(C)c1. The summed E-state index contributed by atoms with van der Waals surface area (Å²) in [6, 6.07) is 19.3. The molecule has 3 aromatic rings. The highest BCUT2D eigenvalue weighted by atomic mass is 35.5. The van der Waals surface area contributed by atoms with Crippen LogP contribution in [0, 0.1) is 13.8 Å². The van der Waals surface area contributed by atoms with Crippen LogP contribution in [-0.4, -0.2) is 18.4 Å². The van der Waals surface area contributed by atoms with Gasteiger partial charge >= 0.3 is 0 Å². The second kappa shape index (κ2) is 9.26. The van der Waals surface area contributed by atoms with Crippen LogP contribution in [0.5, 0.6) is 5.75 Å². The van der Waals surface area contributed by atoms with Crippen molar-refractivity contribution in [1.82, 2.24) is 0 Å². The number of rotatable bonds is 6. The fourth-order valence-electron chi connectivity index (χ4n) is 2.73. The van der Waals surface area contributed by atoms with Crippen molar-refractivity contribution in [3.05, 3.63) is 88.4 Å². The van der Waals surface area contributed by atoms with Gasteiger partial charge in [-0.2, -0.15) is 0 Å². The molecule has 0 bridgehead atoms. The lowest BCUT2D eigenvalue weighted by molar-refractivity contribution is -0.118. The average molecular weight is 409 g/mol. The number of hydrogen-bond donors (Lipinski definition) is 2. The van der Waals surface area contributed by atoms with Crippen LogP contribution in [0.2, 0.25) is 5.02 Å². The van der Waals surface area contributed by atoms with Crippen LogP contribution in [0.3, 0.4) is 0 Å². The second-order valence-corrected chi connectivity index (χ2v) is 7.08. The van der Waals surface area contributed by atoms with Gasteiger partial charge in [0.05, 0.1) is 0 Å². The van der Waals surface area contributed by atoms with Crippen LogP contribution in [0.4, 0.5) is 11.4 Å². The predicted octanol–water partition coefficient (Wildman–Crippen LogP) is 5.23. The molecule has 0 aromatic heterocycles. The van der Waals surface area contributed by atoms with E-state index in [9.17, 15) is 9.59 Å². The van der Waals surface area contributed by atoms with E-state index in [1.165, 1.54) is 0 Å². The Labute approximate surface area is 174 Å². The minimum atomic E-state index is -0.299. The zero-order valence-electron chi connectivity index (χ0n) is 16.2. The topological polar surface area (TPSA) is 67.4 Å². The molecule has 6 heteroatoms. The van der Waals surface area contributed by atoms with Crippen LogP contribution >= 0.6 is 11.6 Å². The smallest absolute Gasteiger partial charge is 0.262 e. The zero-order chi connectivity index (χ0) is 20.8. The van der Waals surface area contributed by atoms with Gasteiger partial charge in [0.15, 0.2) is 6.61 Å². The molecule has 29 heavy (non-hydrogen) atoms. The molecule has 2 amide bonds. The fraction of sp³-hybridized carbons (Fsp3) is 0.130. The van der Waals surface area contributed by atoms with Crippen molar-refractivity contribution in [2.45, 2.75) is 13.8 Å². The molecule has 0 aliphatic heterocycles. The van der Waals surface area contributed by atoms with E-state index in [0.29, 0.717) is 22.0 Å². The lowest BCUT2D eigenvalue weighted by atomic mass is 10.1. The summed E-state index contributed by atoms with van der Waals surface area (Å²) in [6.07, 6.45) is 0. The number of hydrogen-bond acceptors (Lipinski definition) is 3. The number of amides is 2. The molecule has 3 aromatic carbocycles. The van der Waals surface area contributed by atoms with Crippen LogP contribution in [0.25, 0.3) is 0 Å². The van der Waals surface area contributed by atoms with Gasteiger partial charge in [-0.05, 0) is 74.0 Å². The maximum absolute atomic E-state index is 12.4. The third-order valence-electron chi connectivity index (χ3n) is 4.24. The van der Waals surface area contributed by atoms with Crippen molar-refractivity contribution in [2.75, 3.05) is 17.2 Å². The minimum absolute atomic E-state index is 0.128. The standard InChI is InChI=1S/C23H21ClN2O3/c1-15-3-12-21(16(2)13-15)26-23(28)17-4-8-19(9-5-17)25-22(27)14-29-20-10-6-18(24)7-11-20/h3-13H,14H2,1-2H3,(H,25,27)(H,26,28). The van der Waals surface area contributed by atoms with Gasteiger partial charge in [0.1, 0.15) is 5.75 Å². The number of benzene rings is 3. The third-order valence-corrected chi connectivity index (χ3v) is 4.50. The summed E-state index contributed by atoms with van der Waals surface area (Å²) >= 11 is 5.81. The number of halogens is 1. The van der Waals surface area contributed by atoms with Gasteiger partial charge in [0.2, 0.25) is 0 Å². The molecule has 148 valence electrons. The molecule has 0 radical (unpaired) electrons. The Balaban J connectivity index is 1.54. The number of nitrogens with one attached hydrogen (secondary N) is 2. The van der Waals surface area contributed by atoms with Crippen molar-refractivity contribution in [2.24, 2.45) is 0 Å². The molecule has 0 saturated heterocycles. The Hall–Kier alpha value is -3.31. The molecule has 0 fully saturated rings. The lowest BCUT2D eigenvalue weighted by Gasteiger charge is -2.10. The molecule has 5 nitrogen and oxygen atoms in total. The average Bonchev–Trinajstić information content (AvgIpc) is 2.70. The first kappa shape index (κ1) is 20.4. The van der Waals surface area contributed by atoms with Gasteiger partial charge < -0.3 is 15.4 Å². The van der Waals surface area contributed by atoms with Crippen LogP contribution in [-0.2, 0) is 4.79 Å². The van der Waals surface area contributed by atoms with Gasteiger partial charge in [0, 0.05) is 22.0 Å². The Morgan fingerprint density at radius 2 is 1.59 bits per heavy atom. The van der Waals surface area contributed by atoms with E-state index in [0.717, 1.165) is 16.8 Å². The van der Waals surface area contributed by atoms with Crippen molar-refractivity contribution < 1.29 is 14.3 Å². The van der Waals surface area contributed by atoms with E-state index in [1.54, 1.807) is 48.5 Å². The quantitative estimate of drug-likeness (QED) is 0.587. The summed E-state index contributed by atoms with van der Waals surface area (Å²) in [6.45, 7) is 3.83. The zero-order valence-corrected chi connectivity index (χ0v) is 16.9. The molecular formula is C23H21ClN2O3. The summed E-state index contributed by atoms with van der Waals surface area (Å²) < 4.78 is 5.41. The van der Waals surface area contributed by atoms with E-state index in [1.807, 2.05) is 32.0 Å². The monoisotopic (exact) mass is 408 g/mol. The normalized spacial score (nSPS) is 10.3. The van der Waals surface area contributed by atoms with Crippen molar-refractivity contribution in [3.63, 3.8) is 0 Å². The highest BCUT2D eigenvalue weighted by Crippen LogP contribution is 2.18. The molecule has 0 saturated carbocycles. The predicted molar refractivity (Wildman–Crippen MR) is 116 cm³/mol. The highest BCUT2D eigenvalue weighted by molar-refractivity contribution is 6.30. The molecule has 0 heterocycles. The summed E-state index contributed by atoms with van der Waals surface area (Å²) in [5.41, 5.74) is 4.00. The molecule has 0 unspecified atom stereocenters. The van der Waals surface area contributed by atoms with Crippen molar-refractivity contribution >= 4 is 34.8 Å². The number of carbonyl (C=O) groups excluding carboxylic acids is 2. The third kappa shape index (κ3) is 5.83. The van der Waals surface area contributed by atoms with E-state index in [2.05, 4.69) is 10.6 Å². The Morgan fingerprint density at radius 3 is 2.24 bits per heavy atom. The summed E-state index contributed by atoms with van der Waals surface area (Å²) in [5, 5.41) is 6.23. The number of carbonyl (C=O) groups is 2. The van der Waals surface area contributed by atoms with Gasteiger partial charge in [-0.25, -0.2) is 0 Å². The minimum Gasteiger partial charge on any atom is -0.484 e. The fourth-order valence-corrected chi connectivity index (χ4v) is 2.86. The second-order valence-electron chi connectivity index (χ2n) is 6.64. The van der Waals surface area contributed by atoms with Gasteiger partial charge in [-0.3, -0.25) is 9.59 Å². The molecule has 2 N–H and O–H groups in total. The first-order valence-electron chi connectivity index (χ1n) is 9.07. The summed E-state index contributed by atoms with van der Waals surface area (Å²) in [4.78, 5) is 24.5. The van der Waals surface area contributed by atoms with Crippen LogP contribution < -0.4 is 15.4 Å². The molecule has 0 spiro atoms. The van der Waals surface area contributed by atoms with Crippen molar-refractivity contribution in [1.29, 1.82) is 0 Å². The molecule has 0 atom stereocenters. The molecular weight excluding hydrogens is 388 g/mol. The Kier molecular flexibility index (Phi) is 6.52. The van der Waals surface area contributed by atoms with E-state index < -0.39 is 0 Å². The summed E-state index contributed by atoms with van der Waals surface area (Å²) in [7, 11) is 0. The van der Waals surface area contributed by atoms with E-state index >= 15 is 0 Å². The molecule has 3 rings (SSSR count). The first-order valence-corrected chi connectivity index (χ1v) is 9.45. The van der Waals surface area contributed by atoms with E-state index in [4.69, 9.17) is 16.3 Å². The van der Waals surface area contributed by atoms with Gasteiger partial charge in [-0.15, -0.1) is 0 Å². The Bertz CT molecular complexity index is 1020. The van der Waals surface area contributed by atoms with Crippen LogP contribution in [0.15, 0.2) is 66.7 Å². The summed E-state index contributed by atoms with van der Waals surface area (Å²) in [5.74, 6) is 0.0521. The number of anilines is 2. The van der Waals surface area contributed by atoms with Gasteiger partial charge in [-0.1, -0.05) is 29.3 Å². The van der Waals surface area contributed by atoms with Crippen molar-refractivity contribution in [3.8, 4) is 5.75 Å². The highest BCUT2D eigenvalue weighted by Gasteiger charge is 2.09. The Morgan fingerprint density at radius 1 is 0.897 bits per heavy atom. The lowest BCUT2D eigenvalue weighted by Crippen LogP contribution is -2.20. The molecule has 0 aliphatic carbocycles. The molecule has 0 aliphatic rings. The number of ether oxygens (including phenoxy) is 1. The van der Waals surface area contributed by atoms with Crippen LogP contribution in [0.1, 0.15) is 21.5 Å². The van der Waals surface area contributed by atoms with E-state index in [-0.39, 0.29) is 18.4 Å². The maximum Gasteiger partial charge on any atom is 0.262 e. The van der Waals surface area contributed by atoms with Gasteiger partial charge in [0.25, 0.3) is 11.8 Å².